The van der Waals surface area contributed by atoms with E-state index in [9.17, 15) is 9.90 Å². The fourth-order valence-corrected chi connectivity index (χ4v) is 1.03. The molecule has 5 heteroatoms. The van der Waals surface area contributed by atoms with E-state index in [4.69, 9.17) is 9.52 Å². The van der Waals surface area contributed by atoms with E-state index < -0.39 is 11.9 Å². The Kier molecular flexibility index (Phi) is 1.45. The number of phenolic OH excluding ortho intramolecular Hbond substituents is 1. The molecule has 13 heavy (non-hydrogen) atoms. The fourth-order valence-electron chi connectivity index (χ4n) is 1.03. The molecule has 2 rings (SSSR count). The van der Waals surface area contributed by atoms with E-state index in [0.29, 0.717) is 5.52 Å². The second-order valence-corrected chi connectivity index (χ2v) is 2.45. The first kappa shape index (κ1) is 7.60. The SMILES string of the molecule is O=C(O)c1nc2cccc(O)c2o1. The standard InChI is InChI=1S/C8H5NO4/c10-5-3-1-2-4-6(5)13-7(9-4)8(11)12/h1-3,10H,(H,11,12). The highest BCUT2D eigenvalue weighted by Gasteiger charge is 2.14. The predicted octanol–water partition coefficient (Wildman–Crippen LogP) is 1.23. The Bertz CT molecular complexity index is 474. The van der Waals surface area contributed by atoms with Gasteiger partial charge in [0.05, 0.1) is 0 Å². The zero-order chi connectivity index (χ0) is 9.42. The van der Waals surface area contributed by atoms with E-state index in [1.165, 1.54) is 6.07 Å². The molecule has 0 radical (unpaired) electrons. The van der Waals surface area contributed by atoms with Crippen molar-refractivity contribution in [3.63, 3.8) is 0 Å². The molecule has 5 nitrogen and oxygen atoms in total. The molecule has 0 spiro atoms. The summed E-state index contributed by atoms with van der Waals surface area (Å²) in [5, 5.41) is 17.8. The third-order valence-electron chi connectivity index (χ3n) is 1.58. The van der Waals surface area contributed by atoms with Crippen LogP contribution in [0.2, 0.25) is 0 Å². The number of hydrogen-bond donors (Lipinski definition) is 2. The molecule has 0 saturated carbocycles. The van der Waals surface area contributed by atoms with Crippen LogP contribution in [0.5, 0.6) is 5.75 Å². The van der Waals surface area contributed by atoms with Gasteiger partial charge in [0.15, 0.2) is 11.3 Å². The quantitative estimate of drug-likeness (QED) is 0.687. The highest BCUT2D eigenvalue weighted by Crippen LogP contribution is 2.24. The largest absolute Gasteiger partial charge is 0.504 e. The van der Waals surface area contributed by atoms with E-state index in [1.54, 1.807) is 12.1 Å². The van der Waals surface area contributed by atoms with Crippen LogP contribution >= 0.6 is 0 Å². The van der Waals surface area contributed by atoms with Crippen LogP contribution in [0, 0.1) is 0 Å². The van der Waals surface area contributed by atoms with Gasteiger partial charge in [0.25, 0.3) is 0 Å². The molecule has 66 valence electrons. The number of carboxylic acid groups (broad SMARTS) is 1. The number of aromatic hydroxyl groups is 1. The number of benzene rings is 1. The number of fused-ring (bicyclic) bond motifs is 1. The van der Waals surface area contributed by atoms with Crippen molar-refractivity contribution >= 4 is 17.1 Å². The van der Waals surface area contributed by atoms with Crippen molar-refractivity contribution in [2.75, 3.05) is 0 Å². The maximum atomic E-state index is 10.4. The van der Waals surface area contributed by atoms with Crippen molar-refractivity contribution in [2.24, 2.45) is 0 Å². The van der Waals surface area contributed by atoms with E-state index in [2.05, 4.69) is 4.98 Å². The van der Waals surface area contributed by atoms with Gasteiger partial charge in [0, 0.05) is 0 Å². The number of aromatic carboxylic acids is 1. The summed E-state index contributed by atoms with van der Waals surface area (Å²) in [6.45, 7) is 0. The van der Waals surface area contributed by atoms with Gasteiger partial charge in [0.2, 0.25) is 0 Å². The number of carboxylic acids is 1. The molecule has 0 fully saturated rings. The summed E-state index contributed by atoms with van der Waals surface area (Å²) in [5.74, 6) is -1.79. The van der Waals surface area contributed by atoms with Crippen molar-refractivity contribution < 1.29 is 19.4 Å². The van der Waals surface area contributed by atoms with Gasteiger partial charge in [-0.1, -0.05) is 6.07 Å². The molecule has 2 N–H and O–H groups in total. The maximum Gasteiger partial charge on any atom is 0.392 e. The van der Waals surface area contributed by atoms with Gasteiger partial charge >= 0.3 is 11.9 Å². The molecule has 0 aliphatic heterocycles. The van der Waals surface area contributed by atoms with E-state index >= 15 is 0 Å². The van der Waals surface area contributed by atoms with Crippen LogP contribution in [-0.4, -0.2) is 21.2 Å². The molecular weight excluding hydrogens is 174 g/mol. The van der Waals surface area contributed by atoms with Crippen LogP contribution in [0.3, 0.4) is 0 Å². The number of nitrogens with zero attached hydrogens (tertiary/aromatic N) is 1. The van der Waals surface area contributed by atoms with Gasteiger partial charge < -0.3 is 14.6 Å². The smallest absolute Gasteiger partial charge is 0.392 e. The Morgan fingerprint density at radius 3 is 2.85 bits per heavy atom. The molecule has 1 aromatic heterocycles. The Morgan fingerprint density at radius 1 is 1.46 bits per heavy atom. The summed E-state index contributed by atoms with van der Waals surface area (Å²) in [5.41, 5.74) is 0.428. The monoisotopic (exact) mass is 179 g/mol. The van der Waals surface area contributed by atoms with Crippen LogP contribution in [0.15, 0.2) is 22.6 Å². The lowest BCUT2D eigenvalue weighted by molar-refractivity contribution is 0.0656. The summed E-state index contributed by atoms with van der Waals surface area (Å²) in [4.78, 5) is 14.1. The Balaban J connectivity index is 2.75. The molecule has 0 aliphatic carbocycles. The van der Waals surface area contributed by atoms with Crippen LogP contribution in [-0.2, 0) is 0 Å². The number of phenols is 1. The lowest BCUT2D eigenvalue weighted by atomic mass is 10.3. The molecule has 0 saturated heterocycles. The minimum absolute atomic E-state index is 0.0971. The lowest BCUT2D eigenvalue weighted by Gasteiger charge is -1.88. The van der Waals surface area contributed by atoms with Gasteiger partial charge in [-0.05, 0) is 12.1 Å². The van der Waals surface area contributed by atoms with Gasteiger partial charge in [-0.3, -0.25) is 0 Å². The Labute approximate surface area is 72.2 Å². The highest BCUT2D eigenvalue weighted by atomic mass is 16.4. The maximum absolute atomic E-state index is 10.4. The average molecular weight is 179 g/mol. The van der Waals surface area contributed by atoms with Crippen LogP contribution in [0.25, 0.3) is 11.1 Å². The lowest BCUT2D eigenvalue weighted by Crippen LogP contribution is -1.94. The first-order chi connectivity index (χ1) is 6.18. The summed E-state index contributed by atoms with van der Waals surface area (Å²) >= 11 is 0. The average Bonchev–Trinajstić information content (AvgIpc) is 2.49. The van der Waals surface area contributed by atoms with Crippen molar-refractivity contribution in [2.45, 2.75) is 0 Å². The highest BCUT2D eigenvalue weighted by molar-refractivity contribution is 5.88. The molecule has 0 amide bonds. The zero-order valence-electron chi connectivity index (χ0n) is 6.39. The van der Waals surface area contributed by atoms with Crippen molar-refractivity contribution in [3.05, 3.63) is 24.1 Å². The molecule has 1 aromatic carbocycles. The van der Waals surface area contributed by atoms with Gasteiger partial charge in [-0.15, -0.1) is 0 Å². The van der Waals surface area contributed by atoms with Crippen LogP contribution in [0.4, 0.5) is 0 Å². The number of carbonyl (C=O) groups is 1. The second kappa shape index (κ2) is 2.48. The van der Waals surface area contributed by atoms with E-state index in [0.717, 1.165) is 0 Å². The minimum atomic E-state index is -1.25. The third-order valence-corrected chi connectivity index (χ3v) is 1.58. The third kappa shape index (κ3) is 1.10. The number of aromatic nitrogens is 1. The number of oxazole rings is 1. The van der Waals surface area contributed by atoms with Gasteiger partial charge in [-0.25, -0.2) is 9.78 Å². The molecule has 0 unspecified atom stereocenters. The number of rotatable bonds is 1. The van der Waals surface area contributed by atoms with Crippen LogP contribution in [0.1, 0.15) is 10.7 Å². The molecule has 0 atom stereocenters. The minimum Gasteiger partial charge on any atom is -0.504 e. The Morgan fingerprint density at radius 2 is 2.23 bits per heavy atom. The summed E-state index contributed by atoms with van der Waals surface area (Å²) in [7, 11) is 0. The van der Waals surface area contributed by atoms with E-state index in [-0.39, 0.29) is 11.3 Å². The zero-order valence-corrected chi connectivity index (χ0v) is 6.39. The molecule has 0 aliphatic rings. The van der Waals surface area contributed by atoms with Gasteiger partial charge in [-0.2, -0.15) is 0 Å². The summed E-state index contributed by atoms with van der Waals surface area (Å²) < 4.78 is 4.80. The Hall–Kier alpha value is -2.04. The second-order valence-electron chi connectivity index (χ2n) is 2.45. The van der Waals surface area contributed by atoms with Crippen molar-refractivity contribution in [1.29, 1.82) is 0 Å². The topological polar surface area (TPSA) is 83.6 Å². The molecular formula is C8H5NO4. The summed E-state index contributed by atoms with van der Waals surface area (Å²) in [6, 6.07) is 4.52. The van der Waals surface area contributed by atoms with Crippen molar-refractivity contribution in [1.82, 2.24) is 4.98 Å². The predicted molar refractivity (Wildman–Crippen MR) is 42.6 cm³/mol. The molecule has 2 aromatic rings. The molecule has 0 bridgehead atoms. The van der Waals surface area contributed by atoms with Crippen LogP contribution < -0.4 is 0 Å². The number of para-hydroxylation sites is 1. The normalized spacial score (nSPS) is 10.5. The van der Waals surface area contributed by atoms with E-state index in [1.807, 2.05) is 0 Å². The molecule has 1 heterocycles. The first-order valence-electron chi connectivity index (χ1n) is 3.50. The number of hydrogen-bond acceptors (Lipinski definition) is 4. The summed E-state index contributed by atoms with van der Waals surface area (Å²) in [6.07, 6.45) is 0. The fraction of sp³-hybridized carbons (Fsp3) is 0. The van der Waals surface area contributed by atoms with Crippen molar-refractivity contribution in [3.8, 4) is 5.75 Å². The first-order valence-corrected chi connectivity index (χ1v) is 3.50. The van der Waals surface area contributed by atoms with Gasteiger partial charge in [0.1, 0.15) is 5.52 Å².